The molecule has 0 fully saturated rings. The zero-order valence-corrected chi connectivity index (χ0v) is 15.6. The monoisotopic (exact) mass is 410 g/mol. The van der Waals surface area contributed by atoms with Crippen LogP contribution in [-0.4, -0.2) is 10.8 Å². The van der Waals surface area contributed by atoms with Gasteiger partial charge in [0, 0.05) is 5.56 Å². The SMILES string of the molecule is FC(F)(F)c1nc2cc3c(cc2s1)N(c1ccccc1)NC(c1ccccc1)=N3. The predicted molar refractivity (Wildman–Crippen MR) is 109 cm³/mol. The second-order valence-electron chi connectivity index (χ2n) is 6.43. The molecule has 1 aliphatic rings. The van der Waals surface area contributed by atoms with Gasteiger partial charge in [-0.3, -0.25) is 10.4 Å². The Balaban J connectivity index is 1.71. The Kier molecular flexibility index (Phi) is 4.02. The molecule has 0 atom stereocenters. The Morgan fingerprint density at radius 3 is 2.28 bits per heavy atom. The van der Waals surface area contributed by atoms with Crippen LogP contribution in [0.4, 0.5) is 30.2 Å². The molecule has 4 aromatic rings. The van der Waals surface area contributed by atoms with Crippen LogP contribution in [0.2, 0.25) is 0 Å². The molecule has 8 heteroatoms. The first-order valence-electron chi connectivity index (χ1n) is 8.77. The van der Waals surface area contributed by atoms with Gasteiger partial charge in [0.1, 0.15) is 0 Å². The first-order valence-corrected chi connectivity index (χ1v) is 9.58. The summed E-state index contributed by atoms with van der Waals surface area (Å²) in [7, 11) is 0. The van der Waals surface area contributed by atoms with E-state index >= 15 is 0 Å². The van der Waals surface area contributed by atoms with E-state index in [0.29, 0.717) is 33.2 Å². The first-order chi connectivity index (χ1) is 14.0. The van der Waals surface area contributed by atoms with Crippen LogP contribution in [0.3, 0.4) is 0 Å². The molecule has 1 N–H and O–H groups in total. The molecule has 0 bridgehead atoms. The highest BCUT2D eigenvalue weighted by molar-refractivity contribution is 7.18. The van der Waals surface area contributed by atoms with Crippen LogP contribution in [0, 0.1) is 0 Å². The number of thiazole rings is 1. The second kappa shape index (κ2) is 6.59. The Morgan fingerprint density at radius 1 is 0.897 bits per heavy atom. The summed E-state index contributed by atoms with van der Waals surface area (Å²) in [5.41, 5.74) is 6.51. The number of fused-ring (bicyclic) bond motifs is 2. The molecule has 2 heterocycles. The van der Waals surface area contributed by atoms with E-state index in [0.717, 1.165) is 11.3 Å². The highest BCUT2D eigenvalue weighted by atomic mass is 32.1. The molecule has 4 nitrogen and oxygen atoms in total. The van der Waals surface area contributed by atoms with Crippen molar-refractivity contribution in [1.82, 2.24) is 10.4 Å². The third-order valence-corrected chi connectivity index (χ3v) is 5.54. The Bertz CT molecular complexity index is 1220. The number of para-hydroxylation sites is 1. The summed E-state index contributed by atoms with van der Waals surface area (Å²) in [5, 5.41) is 0.971. The third-order valence-electron chi connectivity index (χ3n) is 4.48. The highest BCUT2D eigenvalue weighted by Gasteiger charge is 2.35. The van der Waals surface area contributed by atoms with Crippen LogP contribution in [0.1, 0.15) is 10.6 Å². The zero-order valence-electron chi connectivity index (χ0n) is 14.8. The molecule has 0 saturated carbocycles. The maximum atomic E-state index is 13.1. The average molecular weight is 410 g/mol. The summed E-state index contributed by atoms with van der Waals surface area (Å²) in [6, 6.07) is 22.4. The molecule has 0 radical (unpaired) electrons. The summed E-state index contributed by atoms with van der Waals surface area (Å²) in [6.45, 7) is 0. The Hall–Kier alpha value is -3.39. The van der Waals surface area contributed by atoms with Crippen LogP contribution < -0.4 is 10.4 Å². The molecular weight excluding hydrogens is 397 g/mol. The van der Waals surface area contributed by atoms with E-state index in [1.54, 1.807) is 12.1 Å². The number of nitrogens with zero attached hydrogens (tertiary/aromatic N) is 3. The van der Waals surface area contributed by atoms with Gasteiger partial charge >= 0.3 is 6.18 Å². The molecule has 3 aromatic carbocycles. The van der Waals surface area contributed by atoms with Crippen LogP contribution in [0.15, 0.2) is 77.8 Å². The summed E-state index contributed by atoms with van der Waals surface area (Å²) in [4.78, 5) is 8.43. The van der Waals surface area contributed by atoms with Crippen molar-refractivity contribution < 1.29 is 13.2 Å². The predicted octanol–water partition coefficient (Wildman–Crippen LogP) is 6.05. The summed E-state index contributed by atoms with van der Waals surface area (Å²) in [6.07, 6.45) is -4.47. The van der Waals surface area contributed by atoms with Crippen LogP contribution in [0.25, 0.3) is 10.2 Å². The van der Waals surface area contributed by atoms with E-state index in [9.17, 15) is 13.2 Å². The van der Waals surface area contributed by atoms with Gasteiger partial charge in [0.05, 0.1) is 27.3 Å². The molecular formula is C21H13F3N4S. The third kappa shape index (κ3) is 3.21. The van der Waals surface area contributed by atoms with E-state index in [4.69, 9.17) is 0 Å². The molecule has 144 valence electrons. The standard InChI is InChI=1S/C21H13F3N4S/c22-21(23,24)20-26-16-11-15-17(12-18(16)29-20)28(14-9-5-2-6-10-14)27-19(25-15)13-7-3-1-4-8-13/h1-12H,(H,25,27). The molecule has 0 amide bonds. The number of rotatable bonds is 2. The topological polar surface area (TPSA) is 40.5 Å². The van der Waals surface area contributed by atoms with E-state index in [1.807, 2.05) is 65.7 Å². The first kappa shape index (κ1) is 17.7. The average Bonchev–Trinajstić information content (AvgIpc) is 3.16. The van der Waals surface area contributed by atoms with E-state index in [-0.39, 0.29) is 5.52 Å². The van der Waals surface area contributed by atoms with Crippen molar-refractivity contribution >= 4 is 44.5 Å². The Morgan fingerprint density at radius 2 is 1.59 bits per heavy atom. The summed E-state index contributed by atoms with van der Waals surface area (Å²) >= 11 is 0.632. The summed E-state index contributed by atoms with van der Waals surface area (Å²) in [5.74, 6) is 0.604. The van der Waals surface area contributed by atoms with Gasteiger partial charge in [0.2, 0.25) is 0 Å². The number of amidine groups is 1. The molecule has 1 aromatic heterocycles. The van der Waals surface area contributed by atoms with Crippen LogP contribution in [0.5, 0.6) is 0 Å². The number of benzene rings is 3. The molecule has 0 unspecified atom stereocenters. The van der Waals surface area contributed by atoms with Gasteiger partial charge in [-0.05, 0) is 24.3 Å². The van der Waals surface area contributed by atoms with Gasteiger partial charge in [-0.1, -0.05) is 48.5 Å². The number of aliphatic imine (C=N–C) groups is 1. The number of alkyl halides is 3. The van der Waals surface area contributed by atoms with Crippen LogP contribution in [-0.2, 0) is 6.18 Å². The van der Waals surface area contributed by atoms with Crippen molar-refractivity contribution in [3.63, 3.8) is 0 Å². The van der Waals surface area contributed by atoms with Gasteiger partial charge in [0.15, 0.2) is 10.8 Å². The molecule has 0 aliphatic carbocycles. The maximum Gasteiger partial charge on any atom is 0.443 e. The molecule has 5 rings (SSSR count). The van der Waals surface area contributed by atoms with Crippen LogP contribution >= 0.6 is 11.3 Å². The molecule has 1 aliphatic heterocycles. The highest BCUT2D eigenvalue weighted by Crippen LogP contribution is 2.42. The van der Waals surface area contributed by atoms with E-state index in [1.165, 1.54) is 0 Å². The minimum Gasteiger partial charge on any atom is -0.276 e. The number of hydrogen-bond donors (Lipinski definition) is 1. The lowest BCUT2D eigenvalue weighted by Crippen LogP contribution is -2.41. The van der Waals surface area contributed by atoms with Gasteiger partial charge in [-0.2, -0.15) is 13.2 Å². The normalized spacial score (nSPS) is 13.8. The van der Waals surface area contributed by atoms with Gasteiger partial charge in [0.25, 0.3) is 0 Å². The fourth-order valence-corrected chi connectivity index (χ4v) is 4.01. The largest absolute Gasteiger partial charge is 0.443 e. The van der Waals surface area contributed by atoms with Gasteiger partial charge in [-0.25, -0.2) is 9.98 Å². The van der Waals surface area contributed by atoms with Crippen molar-refractivity contribution in [2.75, 3.05) is 5.01 Å². The van der Waals surface area contributed by atoms with E-state index in [2.05, 4.69) is 15.4 Å². The van der Waals surface area contributed by atoms with Crippen molar-refractivity contribution in [2.45, 2.75) is 6.18 Å². The minimum absolute atomic E-state index is 0.284. The fourth-order valence-electron chi connectivity index (χ4n) is 3.16. The fraction of sp³-hybridized carbons (Fsp3) is 0.0476. The lowest BCUT2D eigenvalue weighted by Gasteiger charge is -2.31. The number of hydrazine groups is 1. The lowest BCUT2D eigenvalue weighted by molar-refractivity contribution is -0.137. The minimum atomic E-state index is -4.47. The number of aromatic nitrogens is 1. The maximum absolute atomic E-state index is 13.1. The Labute approximate surface area is 167 Å². The molecule has 0 saturated heterocycles. The van der Waals surface area contributed by atoms with E-state index < -0.39 is 11.2 Å². The molecule has 29 heavy (non-hydrogen) atoms. The number of anilines is 2. The van der Waals surface area contributed by atoms with Gasteiger partial charge in [-0.15, -0.1) is 11.3 Å². The summed E-state index contributed by atoms with van der Waals surface area (Å²) < 4.78 is 39.8. The quantitative estimate of drug-likeness (QED) is 0.437. The number of halogens is 3. The van der Waals surface area contributed by atoms with Crippen molar-refractivity contribution in [1.29, 1.82) is 0 Å². The zero-order chi connectivity index (χ0) is 20.0. The van der Waals surface area contributed by atoms with Crippen molar-refractivity contribution in [2.24, 2.45) is 4.99 Å². The van der Waals surface area contributed by atoms with Gasteiger partial charge < -0.3 is 0 Å². The van der Waals surface area contributed by atoms with Crippen molar-refractivity contribution in [3.05, 3.63) is 83.4 Å². The smallest absolute Gasteiger partial charge is 0.276 e. The number of hydrogen-bond acceptors (Lipinski definition) is 5. The second-order valence-corrected chi connectivity index (χ2v) is 7.47. The number of nitrogens with one attached hydrogen (secondary N) is 1. The lowest BCUT2D eigenvalue weighted by atomic mass is 10.1. The molecule has 0 spiro atoms. The van der Waals surface area contributed by atoms with Crippen molar-refractivity contribution in [3.8, 4) is 0 Å².